The van der Waals surface area contributed by atoms with Crippen molar-refractivity contribution in [3.8, 4) is 17.6 Å². The smallest absolute Gasteiger partial charge is 0.165 e. The SMILES string of the molecule is Cc1ccc(F)c(OCc2cc(F)cc(C#CCO)c2)c1. The highest BCUT2D eigenvalue weighted by atomic mass is 19.1. The minimum atomic E-state index is -0.461. The average molecular weight is 288 g/mol. The molecule has 0 saturated heterocycles. The van der Waals surface area contributed by atoms with E-state index < -0.39 is 11.6 Å². The third kappa shape index (κ3) is 4.30. The molecule has 0 heterocycles. The largest absolute Gasteiger partial charge is 0.486 e. The van der Waals surface area contributed by atoms with Crippen LogP contribution in [0.25, 0.3) is 0 Å². The lowest BCUT2D eigenvalue weighted by Crippen LogP contribution is -1.99. The van der Waals surface area contributed by atoms with Gasteiger partial charge in [-0.25, -0.2) is 8.78 Å². The molecule has 21 heavy (non-hydrogen) atoms. The Morgan fingerprint density at radius 2 is 1.95 bits per heavy atom. The van der Waals surface area contributed by atoms with Crippen LogP contribution in [0.2, 0.25) is 0 Å². The lowest BCUT2D eigenvalue weighted by Gasteiger charge is -2.08. The highest BCUT2D eigenvalue weighted by Crippen LogP contribution is 2.20. The van der Waals surface area contributed by atoms with Crippen LogP contribution >= 0.6 is 0 Å². The number of aliphatic hydroxyl groups is 1. The fraction of sp³-hybridized carbons (Fsp3) is 0.176. The Bertz CT molecular complexity index is 700. The first-order chi connectivity index (χ1) is 10.1. The van der Waals surface area contributed by atoms with E-state index in [2.05, 4.69) is 11.8 Å². The average Bonchev–Trinajstić information content (AvgIpc) is 2.45. The van der Waals surface area contributed by atoms with Crippen molar-refractivity contribution in [2.24, 2.45) is 0 Å². The Hall–Kier alpha value is -2.38. The van der Waals surface area contributed by atoms with Crippen molar-refractivity contribution < 1.29 is 18.6 Å². The molecule has 2 aromatic rings. The van der Waals surface area contributed by atoms with E-state index in [1.807, 2.05) is 6.92 Å². The van der Waals surface area contributed by atoms with E-state index >= 15 is 0 Å². The maximum atomic E-state index is 13.5. The molecular weight excluding hydrogens is 274 g/mol. The first-order valence-corrected chi connectivity index (χ1v) is 6.36. The van der Waals surface area contributed by atoms with Gasteiger partial charge in [-0.05, 0) is 48.4 Å². The normalized spacial score (nSPS) is 9.90. The molecule has 0 fully saturated rings. The molecule has 1 N–H and O–H groups in total. The Balaban J connectivity index is 2.16. The van der Waals surface area contributed by atoms with Gasteiger partial charge in [0.15, 0.2) is 11.6 Å². The van der Waals surface area contributed by atoms with Gasteiger partial charge in [0.05, 0.1) is 0 Å². The number of benzene rings is 2. The summed E-state index contributed by atoms with van der Waals surface area (Å²) in [7, 11) is 0. The third-order valence-corrected chi connectivity index (χ3v) is 2.75. The van der Waals surface area contributed by atoms with Gasteiger partial charge in [0, 0.05) is 5.56 Å². The van der Waals surface area contributed by atoms with Gasteiger partial charge in [-0.15, -0.1) is 0 Å². The van der Waals surface area contributed by atoms with Crippen LogP contribution in [0, 0.1) is 30.4 Å². The first-order valence-electron chi connectivity index (χ1n) is 6.36. The second kappa shape index (κ2) is 6.87. The molecule has 2 rings (SSSR count). The number of hydrogen-bond acceptors (Lipinski definition) is 2. The minimum Gasteiger partial charge on any atom is -0.486 e. The van der Waals surface area contributed by atoms with Gasteiger partial charge in [-0.3, -0.25) is 0 Å². The van der Waals surface area contributed by atoms with Gasteiger partial charge < -0.3 is 9.84 Å². The Morgan fingerprint density at radius 3 is 2.71 bits per heavy atom. The van der Waals surface area contributed by atoms with Crippen LogP contribution in [0.4, 0.5) is 8.78 Å². The van der Waals surface area contributed by atoms with Gasteiger partial charge in [0.1, 0.15) is 19.0 Å². The molecule has 0 saturated carbocycles. The summed E-state index contributed by atoms with van der Waals surface area (Å²) >= 11 is 0. The second-order valence-electron chi connectivity index (χ2n) is 4.53. The van der Waals surface area contributed by atoms with E-state index in [0.29, 0.717) is 11.1 Å². The van der Waals surface area contributed by atoms with Crippen molar-refractivity contribution in [1.82, 2.24) is 0 Å². The summed E-state index contributed by atoms with van der Waals surface area (Å²) in [5, 5.41) is 8.64. The summed E-state index contributed by atoms with van der Waals surface area (Å²) in [4.78, 5) is 0. The molecule has 0 radical (unpaired) electrons. The fourth-order valence-corrected chi connectivity index (χ4v) is 1.83. The molecule has 108 valence electrons. The van der Waals surface area contributed by atoms with Crippen molar-refractivity contribution in [2.45, 2.75) is 13.5 Å². The zero-order valence-electron chi connectivity index (χ0n) is 11.5. The maximum absolute atomic E-state index is 13.5. The summed E-state index contributed by atoms with van der Waals surface area (Å²) in [5.41, 5.74) is 1.85. The number of rotatable bonds is 3. The third-order valence-electron chi connectivity index (χ3n) is 2.75. The van der Waals surface area contributed by atoms with Crippen LogP contribution in [0.1, 0.15) is 16.7 Å². The minimum absolute atomic E-state index is 0.0337. The van der Waals surface area contributed by atoms with E-state index in [4.69, 9.17) is 9.84 Å². The zero-order valence-corrected chi connectivity index (χ0v) is 11.5. The van der Waals surface area contributed by atoms with Gasteiger partial charge in [0.25, 0.3) is 0 Å². The molecule has 2 aromatic carbocycles. The predicted octanol–water partition coefficient (Wildman–Crippen LogP) is 3.20. The molecular formula is C17H14F2O2. The molecule has 2 nitrogen and oxygen atoms in total. The number of aryl methyl sites for hydroxylation is 1. The van der Waals surface area contributed by atoms with Crippen LogP contribution in [0.15, 0.2) is 36.4 Å². The highest BCUT2D eigenvalue weighted by Gasteiger charge is 2.05. The monoisotopic (exact) mass is 288 g/mol. The van der Waals surface area contributed by atoms with E-state index in [1.165, 1.54) is 18.2 Å². The quantitative estimate of drug-likeness (QED) is 0.879. The molecule has 0 amide bonds. The fourth-order valence-electron chi connectivity index (χ4n) is 1.83. The van der Waals surface area contributed by atoms with Crippen molar-refractivity contribution in [1.29, 1.82) is 0 Å². The number of halogens is 2. The molecule has 0 bridgehead atoms. The first kappa shape index (κ1) is 15.0. The van der Waals surface area contributed by atoms with Crippen molar-refractivity contribution in [2.75, 3.05) is 6.61 Å². The van der Waals surface area contributed by atoms with Crippen molar-refractivity contribution in [3.05, 3.63) is 64.7 Å². The second-order valence-corrected chi connectivity index (χ2v) is 4.53. The molecule has 0 aromatic heterocycles. The van der Waals surface area contributed by atoms with Crippen LogP contribution in [0.5, 0.6) is 5.75 Å². The lowest BCUT2D eigenvalue weighted by atomic mass is 10.1. The van der Waals surface area contributed by atoms with E-state index in [1.54, 1.807) is 18.2 Å². The molecule has 4 heteroatoms. The Morgan fingerprint density at radius 1 is 1.14 bits per heavy atom. The van der Waals surface area contributed by atoms with Crippen LogP contribution in [-0.4, -0.2) is 11.7 Å². The van der Waals surface area contributed by atoms with Crippen LogP contribution in [-0.2, 0) is 6.61 Å². The summed E-state index contributed by atoms with van der Waals surface area (Å²) < 4.78 is 32.4. The van der Waals surface area contributed by atoms with Crippen LogP contribution in [0.3, 0.4) is 0 Å². The molecule has 0 atom stereocenters. The van der Waals surface area contributed by atoms with E-state index in [-0.39, 0.29) is 19.0 Å². The zero-order chi connectivity index (χ0) is 15.2. The van der Waals surface area contributed by atoms with Gasteiger partial charge in [0.2, 0.25) is 0 Å². The summed E-state index contributed by atoms with van der Waals surface area (Å²) in [6.45, 7) is 1.57. The lowest BCUT2D eigenvalue weighted by molar-refractivity contribution is 0.289. The van der Waals surface area contributed by atoms with Crippen LogP contribution < -0.4 is 4.74 Å². The standard InChI is InChI=1S/C17H14F2O2/c1-12-4-5-16(19)17(7-12)21-11-14-8-13(3-2-6-20)9-15(18)10-14/h4-5,7-10,20H,6,11H2,1H3. The Kier molecular flexibility index (Phi) is 4.91. The molecule has 0 aliphatic rings. The molecule has 0 spiro atoms. The molecule has 0 aliphatic carbocycles. The topological polar surface area (TPSA) is 29.5 Å². The number of aliphatic hydroxyl groups excluding tert-OH is 1. The van der Waals surface area contributed by atoms with Crippen molar-refractivity contribution >= 4 is 0 Å². The van der Waals surface area contributed by atoms with E-state index in [9.17, 15) is 8.78 Å². The summed E-state index contributed by atoms with van der Waals surface area (Å²) in [5.74, 6) is 4.28. The molecule has 0 aliphatic heterocycles. The Labute approximate surface area is 122 Å². The van der Waals surface area contributed by atoms with Gasteiger partial charge in [-0.1, -0.05) is 17.9 Å². The predicted molar refractivity (Wildman–Crippen MR) is 75.8 cm³/mol. The van der Waals surface area contributed by atoms with Gasteiger partial charge >= 0.3 is 0 Å². The van der Waals surface area contributed by atoms with E-state index in [0.717, 1.165) is 5.56 Å². The summed E-state index contributed by atoms with van der Waals surface area (Å²) in [6, 6.07) is 8.76. The summed E-state index contributed by atoms with van der Waals surface area (Å²) in [6.07, 6.45) is 0. The van der Waals surface area contributed by atoms with Crippen molar-refractivity contribution in [3.63, 3.8) is 0 Å². The molecule has 0 unspecified atom stereocenters. The highest BCUT2D eigenvalue weighted by molar-refractivity contribution is 5.38. The maximum Gasteiger partial charge on any atom is 0.165 e. The number of ether oxygens (including phenoxy) is 1. The van der Waals surface area contributed by atoms with Gasteiger partial charge in [-0.2, -0.15) is 0 Å². The number of hydrogen-bond donors (Lipinski definition) is 1.